The van der Waals surface area contributed by atoms with Crippen LogP contribution in [0.25, 0.3) is 0 Å². The first-order valence-electron chi connectivity index (χ1n) is 7.58. The number of amides is 2. The van der Waals surface area contributed by atoms with Gasteiger partial charge in [0.25, 0.3) is 0 Å². The van der Waals surface area contributed by atoms with E-state index in [0.29, 0.717) is 12.5 Å². The van der Waals surface area contributed by atoms with E-state index in [2.05, 4.69) is 10.6 Å². The number of urea groups is 1. The predicted octanol–water partition coefficient (Wildman–Crippen LogP) is 3.17. The Balaban J connectivity index is 2.51. The minimum Gasteiger partial charge on any atom is -0.389 e. The minimum absolute atomic E-state index is 0.0628. The summed E-state index contributed by atoms with van der Waals surface area (Å²) in [6, 6.07) is 2.86. The van der Waals surface area contributed by atoms with Gasteiger partial charge in [-0.05, 0) is 30.5 Å². The molecule has 1 atom stereocenters. The molecule has 1 rings (SSSR count). The second kappa shape index (κ2) is 8.89. The Kier molecular flexibility index (Phi) is 7.50. The van der Waals surface area contributed by atoms with Gasteiger partial charge in [-0.2, -0.15) is 13.2 Å². The molecule has 0 aliphatic heterocycles. The summed E-state index contributed by atoms with van der Waals surface area (Å²) in [4.78, 5) is 11.8. The topological polar surface area (TPSA) is 70.6 Å². The molecule has 0 spiro atoms. The smallest absolute Gasteiger partial charge is 0.389 e. The third-order valence-electron chi connectivity index (χ3n) is 3.15. The Bertz CT molecular complexity index is 548. The molecule has 3 N–H and O–H groups in total. The molecule has 0 aliphatic rings. The number of aliphatic hydroxyl groups excluding tert-OH is 1. The van der Waals surface area contributed by atoms with Crippen LogP contribution in [-0.2, 0) is 10.9 Å². The number of hydrogen-bond donors (Lipinski definition) is 3. The van der Waals surface area contributed by atoms with E-state index in [1.165, 1.54) is 19.1 Å². The SMILES string of the molecule is Cc1c(NC(=O)NCC(O)COCC(C)C)cccc1C(F)(F)F. The van der Waals surface area contributed by atoms with E-state index < -0.39 is 23.9 Å². The van der Waals surface area contributed by atoms with Gasteiger partial charge in [0.15, 0.2) is 0 Å². The fraction of sp³-hybridized carbons (Fsp3) is 0.562. The molecule has 8 heteroatoms. The van der Waals surface area contributed by atoms with Crippen LogP contribution in [0.3, 0.4) is 0 Å². The van der Waals surface area contributed by atoms with Gasteiger partial charge in [-0.25, -0.2) is 4.79 Å². The fourth-order valence-electron chi connectivity index (χ4n) is 1.95. The average molecular weight is 348 g/mol. The lowest BCUT2D eigenvalue weighted by molar-refractivity contribution is -0.138. The molecule has 0 aliphatic carbocycles. The number of carbonyl (C=O) groups excluding carboxylic acids is 1. The zero-order chi connectivity index (χ0) is 18.3. The normalized spacial score (nSPS) is 13.0. The van der Waals surface area contributed by atoms with Crippen molar-refractivity contribution in [1.82, 2.24) is 5.32 Å². The molecular formula is C16H23F3N2O3. The Morgan fingerprint density at radius 1 is 1.29 bits per heavy atom. The van der Waals surface area contributed by atoms with Crippen LogP contribution < -0.4 is 10.6 Å². The van der Waals surface area contributed by atoms with Crippen molar-refractivity contribution in [2.24, 2.45) is 5.92 Å². The molecule has 1 unspecified atom stereocenters. The highest BCUT2D eigenvalue weighted by Gasteiger charge is 2.33. The fourth-order valence-corrected chi connectivity index (χ4v) is 1.95. The second-order valence-electron chi connectivity index (χ2n) is 5.90. The molecule has 0 fully saturated rings. The zero-order valence-electron chi connectivity index (χ0n) is 13.9. The van der Waals surface area contributed by atoms with Gasteiger partial charge in [0.1, 0.15) is 0 Å². The molecule has 5 nitrogen and oxygen atoms in total. The van der Waals surface area contributed by atoms with Crippen LogP contribution in [0.1, 0.15) is 25.0 Å². The number of carbonyl (C=O) groups is 1. The Morgan fingerprint density at radius 2 is 1.96 bits per heavy atom. The van der Waals surface area contributed by atoms with Gasteiger partial charge in [0.2, 0.25) is 0 Å². The number of halogens is 3. The highest BCUT2D eigenvalue weighted by Crippen LogP contribution is 2.34. The van der Waals surface area contributed by atoms with Crippen LogP contribution in [0.15, 0.2) is 18.2 Å². The lowest BCUT2D eigenvalue weighted by Crippen LogP contribution is -2.37. The summed E-state index contributed by atoms with van der Waals surface area (Å²) in [5.41, 5.74) is -0.809. The van der Waals surface area contributed by atoms with Gasteiger partial charge < -0.3 is 20.5 Å². The molecule has 0 bridgehead atoms. The van der Waals surface area contributed by atoms with Gasteiger partial charge in [0.05, 0.1) is 18.3 Å². The maximum Gasteiger partial charge on any atom is 0.416 e. The van der Waals surface area contributed by atoms with Crippen LogP contribution in [0, 0.1) is 12.8 Å². The molecule has 1 aromatic carbocycles. The summed E-state index contributed by atoms with van der Waals surface area (Å²) in [5.74, 6) is 0.331. The van der Waals surface area contributed by atoms with Crippen molar-refractivity contribution in [2.45, 2.75) is 33.1 Å². The van der Waals surface area contributed by atoms with Crippen molar-refractivity contribution >= 4 is 11.7 Å². The van der Waals surface area contributed by atoms with Gasteiger partial charge in [-0.15, -0.1) is 0 Å². The minimum atomic E-state index is -4.48. The van der Waals surface area contributed by atoms with E-state index >= 15 is 0 Å². The Hall–Kier alpha value is -1.80. The molecule has 0 saturated carbocycles. The standard InChI is InChI=1S/C16H23F3N2O3/c1-10(2)8-24-9-12(22)7-20-15(23)21-14-6-4-5-13(11(14)3)16(17,18)19/h4-6,10,12,22H,7-9H2,1-3H3,(H2,20,21,23). The van der Waals surface area contributed by atoms with E-state index in [4.69, 9.17) is 4.74 Å². The van der Waals surface area contributed by atoms with Crippen LogP contribution in [0.2, 0.25) is 0 Å². The first-order chi connectivity index (χ1) is 11.1. The number of anilines is 1. The summed E-state index contributed by atoms with van der Waals surface area (Å²) in [5, 5.41) is 14.4. The zero-order valence-corrected chi connectivity index (χ0v) is 13.9. The largest absolute Gasteiger partial charge is 0.416 e. The van der Waals surface area contributed by atoms with Crippen molar-refractivity contribution in [3.63, 3.8) is 0 Å². The molecular weight excluding hydrogens is 325 g/mol. The Morgan fingerprint density at radius 3 is 2.54 bits per heavy atom. The number of ether oxygens (including phenoxy) is 1. The Labute approximate surface area is 139 Å². The molecule has 0 radical (unpaired) electrons. The van der Waals surface area contributed by atoms with Crippen LogP contribution in [-0.4, -0.2) is 37.0 Å². The maximum atomic E-state index is 12.8. The predicted molar refractivity (Wildman–Crippen MR) is 84.9 cm³/mol. The van der Waals surface area contributed by atoms with Gasteiger partial charge in [0, 0.05) is 18.8 Å². The van der Waals surface area contributed by atoms with Crippen molar-refractivity contribution in [3.05, 3.63) is 29.3 Å². The van der Waals surface area contributed by atoms with Gasteiger partial charge in [-0.1, -0.05) is 19.9 Å². The summed E-state index contributed by atoms with van der Waals surface area (Å²) < 4.78 is 43.7. The number of nitrogens with one attached hydrogen (secondary N) is 2. The van der Waals surface area contributed by atoms with Gasteiger partial charge >= 0.3 is 12.2 Å². The molecule has 136 valence electrons. The lowest BCUT2D eigenvalue weighted by atomic mass is 10.1. The number of aliphatic hydroxyl groups is 1. The molecule has 0 saturated heterocycles. The van der Waals surface area contributed by atoms with Crippen molar-refractivity contribution < 1.29 is 27.8 Å². The van der Waals surface area contributed by atoms with E-state index in [-0.39, 0.29) is 24.4 Å². The average Bonchev–Trinajstić information content (AvgIpc) is 2.45. The number of rotatable bonds is 7. The van der Waals surface area contributed by atoms with Crippen molar-refractivity contribution in [2.75, 3.05) is 25.1 Å². The summed E-state index contributed by atoms with van der Waals surface area (Å²) in [7, 11) is 0. The third-order valence-corrected chi connectivity index (χ3v) is 3.15. The van der Waals surface area contributed by atoms with E-state index in [1.807, 2.05) is 13.8 Å². The highest BCUT2D eigenvalue weighted by molar-refractivity contribution is 5.90. The monoisotopic (exact) mass is 348 g/mol. The number of alkyl halides is 3. The van der Waals surface area contributed by atoms with Crippen LogP contribution in [0.4, 0.5) is 23.7 Å². The molecule has 2 amide bonds. The van der Waals surface area contributed by atoms with E-state index in [9.17, 15) is 23.1 Å². The van der Waals surface area contributed by atoms with Crippen LogP contribution >= 0.6 is 0 Å². The first kappa shape index (κ1) is 20.2. The highest BCUT2D eigenvalue weighted by atomic mass is 19.4. The maximum absolute atomic E-state index is 12.8. The van der Waals surface area contributed by atoms with Gasteiger partial charge in [-0.3, -0.25) is 0 Å². The first-order valence-corrected chi connectivity index (χ1v) is 7.58. The van der Waals surface area contributed by atoms with Crippen molar-refractivity contribution in [1.29, 1.82) is 0 Å². The van der Waals surface area contributed by atoms with E-state index in [0.717, 1.165) is 6.07 Å². The number of benzene rings is 1. The molecule has 0 aromatic heterocycles. The second-order valence-corrected chi connectivity index (χ2v) is 5.90. The van der Waals surface area contributed by atoms with Crippen molar-refractivity contribution in [3.8, 4) is 0 Å². The summed E-state index contributed by atoms with van der Waals surface area (Å²) in [6.07, 6.45) is -5.38. The molecule has 0 heterocycles. The summed E-state index contributed by atoms with van der Waals surface area (Å²) >= 11 is 0. The molecule has 1 aromatic rings. The lowest BCUT2D eigenvalue weighted by Gasteiger charge is -2.16. The third kappa shape index (κ3) is 6.76. The summed E-state index contributed by atoms with van der Waals surface area (Å²) in [6.45, 7) is 5.72. The van der Waals surface area contributed by atoms with Crippen LogP contribution in [0.5, 0.6) is 0 Å². The quantitative estimate of drug-likeness (QED) is 0.709. The molecule has 24 heavy (non-hydrogen) atoms. The number of hydrogen-bond acceptors (Lipinski definition) is 3. The van der Waals surface area contributed by atoms with E-state index in [1.54, 1.807) is 0 Å².